The van der Waals surface area contributed by atoms with Crippen molar-refractivity contribution in [1.29, 1.82) is 0 Å². The summed E-state index contributed by atoms with van der Waals surface area (Å²) in [4.78, 5) is 20.9. The van der Waals surface area contributed by atoms with Gasteiger partial charge in [0, 0.05) is 17.9 Å². The number of ether oxygens (including phenoxy) is 1. The highest BCUT2D eigenvalue weighted by Crippen LogP contribution is 2.37. The predicted octanol–water partition coefficient (Wildman–Crippen LogP) is 2.99. The normalized spacial score (nSPS) is 9.94. The number of nitrogens with zero attached hydrogens (tertiary/aromatic N) is 1. The molecule has 18 heavy (non-hydrogen) atoms. The van der Waals surface area contributed by atoms with Crippen molar-refractivity contribution in [2.75, 3.05) is 18.5 Å². The van der Waals surface area contributed by atoms with Gasteiger partial charge < -0.3 is 10.1 Å². The minimum atomic E-state index is -0.568. The molecule has 0 aliphatic rings. The molecule has 0 aromatic heterocycles. The van der Waals surface area contributed by atoms with Gasteiger partial charge in [0.15, 0.2) is 0 Å². The van der Waals surface area contributed by atoms with Crippen molar-refractivity contribution in [2.24, 2.45) is 0 Å². The number of rotatable bonds is 5. The number of carbonyl (C=O) groups excluding carboxylic acids is 1. The second-order valence-corrected chi connectivity index (χ2v) is 4.51. The van der Waals surface area contributed by atoms with Gasteiger partial charge in [-0.25, -0.2) is 0 Å². The molecule has 0 amide bonds. The van der Waals surface area contributed by atoms with Crippen LogP contribution in [0.25, 0.3) is 0 Å². The monoisotopic (exact) mass is 336 g/mol. The summed E-state index contributed by atoms with van der Waals surface area (Å²) in [5.41, 5.74) is 0.0641. The van der Waals surface area contributed by atoms with Crippen LogP contribution in [0, 0.1) is 10.1 Å². The van der Waals surface area contributed by atoms with Crippen LogP contribution in [0.15, 0.2) is 16.6 Å². The van der Waals surface area contributed by atoms with E-state index in [4.69, 9.17) is 16.3 Å². The lowest BCUT2D eigenvalue weighted by molar-refractivity contribution is -0.383. The van der Waals surface area contributed by atoms with Crippen molar-refractivity contribution in [3.05, 3.63) is 31.7 Å². The van der Waals surface area contributed by atoms with Gasteiger partial charge in [-0.1, -0.05) is 11.6 Å². The zero-order valence-corrected chi connectivity index (χ0v) is 11.7. The molecule has 1 aromatic rings. The van der Waals surface area contributed by atoms with Gasteiger partial charge in [-0.2, -0.15) is 0 Å². The van der Waals surface area contributed by atoms with Crippen LogP contribution in [0.1, 0.15) is 6.92 Å². The molecule has 0 heterocycles. The van der Waals surface area contributed by atoms with Crippen molar-refractivity contribution in [3.63, 3.8) is 0 Å². The molecule has 0 atom stereocenters. The summed E-state index contributed by atoms with van der Waals surface area (Å²) in [6.45, 7) is 1.68. The average Bonchev–Trinajstić information content (AvgIpc) is 2.28. The topological polar surface area (TPSA) is 81.5 Å². The minimum absolute atomic E-state index is 0.0255. The third kappa shape index (κ3) is 3.85. The summed E-state index contributed by atoms with van der Waals surface area (Å²) in [6.07, 6.45) is 0. The number of nitrogens with one attached hydrogen (secondary N) is 1. The highest BCUT2D eigenvalue weighted by molar-refractivity contribution is 9.10. The van der Waals surface area contributed by atoms with Crippen LogP contribution in [-0.4, -0.2) is 24.0 Å². The maximum atomic E-state index is 10.9. The summed E-state index contributed by atoms with van der Waals surface area (Å²) < 4.78 is 5.15. The van der Waals surface area contributed by atoms with Crippen molar-refractivity contribution < 1.29 is 14.5 Å². The standard InChI is InChI=1S/C10H10BrClN2O4/c1-6(15)18-5-4-13-8-3-2-7(11)9(12)10(8)14(16)17/h2-3,13H,4-5H2,1H3. The third-order valence-corrected chi connectivity index (χ3v) is 3.25. The number of anilines is 1. The maximum Gasteiger partial charge on any atom is 0.311 e. The van der Waals surface area contributed by atoms with Crippen molar-refractivity contribution in [1.82, 2.24) is 0 Å². The fourth-order valence-electron chi connectivity index (χ4n) is 1.24. The number of nitro benzene ring substituents is 1. The van der Waals surface area contributed by atoms with Gasteiger partial charge in [0.1, 0.15) is 17.3 Å². The Labute approximate surface area is 117 Å². The van der Waals surface area contributed by atoms with Crippen LogP contribution in [0.4, 0.5) is 11.4 Å². The Hall–Kier alpha value is -1.34. The van der Waals surface area contributed by atoms with E-state index in [9.17, 15) is 14.9 Å². The first-order valence-corrected chi connectivity index (χ1v) is 6.10. The van der Waals surface area contributed by atoms with E-state index >= 15 is 0 Å². The minimum Gasteiger partial charge on any atom is -0.464 e. The zero-order valence-electron chi connectivity index (χ0n) is 9.41. The molecule has 0 unspecified atom stereocenters. The van der Waals surface area contributed by atoms with Gasteiger partial charge in [0.2, 0.25) is 0 Å². The molecule has 8 heteroatoms. The van der Waals surface area contributed by atoms with Gasteiger partial charge in [-0.05, 0) is 28.1 Å². The van der Waals surface area contributed by atoms with E-state index in [1.54, 1.807) is 6.07 Å². The number of nitro groups is 1. The van der Waals surface area contributed by atoms with Crippen LogP contribution < -0.4 is 5.32 Å². The molecule has 0 aliphatic carbocycles. The molecule has 0 saturated carbocycles. The Balaban J connectivity index is 2.79. The zero-order chi connectivity index (χ0) is 13.7. The van der Waals surface area contributed by atoms with E-state index in [0.717, 1.165) is 0 Å². The largest absolute Gasteiger partial charge is 0.464 e. The molecule has 0 bridgehead atoms. The first kappa shape index (κ1) is 14.7. The summed E-state index contributed by atoms with van der Waals surface area (Å²) in [7, 11) is 0. The molecule has 1 rings (SSSR count). The molecule has 0 saturated heterocycles. The first-order valence-electron chi connectivity index (χ1n) is 4.93. The number of esters is 1. The second-order valence-electron chi connectivity index (χ2n) is 3.28. The average molecular weight is 338 g/mol. The number of carbonyl (C=O) groups is 1. The highest BCUT2D eigenvalue weighted by atomic mass is 79.9. The Bertz CT molecular complexity index is 481. The van der Waals surface area contributed by atoms with Gasteiger partial charge >= 0.3 is 11.7 Å². The van der Waals surface area contributed by atoms with E-state index in [2.05, 4.69) is 21.2 Å². The SMILES string of the molecule is CC(=O)OCCNc1ccc(Br)c(Cl)c1[N+](=O)[O-]. The molecular formula is C10H10BrClN2O4. The lowest BCUT2D eigenvalue weighted by Crippen LogP contribution is -2.12. The fraction of sp³-hybridized carbons (Fsp3) is 0.300. The summed E-state index contributed by atoms with van der Waals surface area (Å²) in [6, 6.07) is 3.13. The van der Waals surface area contributed by atoms with Gasteiger partial charge in [-0.3, -0.25) is 14.9 Å². The van der Waals surface area contributed by atoms with E-state index in [1.807, 2.05) is 0 Å². The summed E-state index contributed by atoms with van der Waals surface area (Å²) in [5, 5.41) is 13.7. The van der Waals surface area contributed by atoms with E-state index in [0.29, 0.717) is 4.47 Å². The van der Waals surface area contributed by atoms with E-state index < -0.39 is 10.9 Å². The lowest BCUT2D eigenvalue weighted by atomic mass is 10.2. The third-order valence-electron chi connectivity index (χ3n) is 1.97. The van der Waals surface area contributed by atoms with Crippen molar-refractivity contribution in [2.45, 2.75) is 6.92 Å². The first-order chi connectivity index (χ1) is 8.43. The van der Waals surface area contributed by atoms with Crippen LogP contribution in [0.2, 0.25) is 5.02 Å². The van der Waals surface area contributed by atoms with Gasteiger partial charge in [0.05, 0.1) is 4.92 Å². The van der Waals surface area contributed by atoms with Crippen LogP contribution in [-0.2, 0) is 9.53 Å². The van der Waals surface area contributed by atoms with Crippen molar-refractivity contribution >= 4 is 44.9 Å². The number of benzene rings is 1. The van der Waals surface area contributed by atoms with Crippen LogP contribution in [0.5, 0.6) is 0 Å². The molecule has 0 fully saturated rings. The quantitative estimate of drug-likeness (QED) is 0.386. The summed E-state index contributed by atoms with van der Waals surface area (Å²) >= 11 is 8.96. The Morgan fingerprint density at radius 2 is 2.28 bits per heavy atom. The highest BCUT2D eigenvalue weighted by Gasteiger charge is 2.20. The Morgan fingerprint density at radius 1 is 1.61 bits per heavy atom. The number of hydrogen-bond acceptors (Lipinski definition) is 5. The van der Waals surface area contributed by atoms with E-state index in [-0.39, 0.29) is 29.5 Å². The maximum absolute atomic E-state index is 10.9. The smallest absolute Gasteiger partial charge is 0.311 e. The van der Waals surface area contributed by atoms with Gasteiger partial charge in [0.25, 0.3) is 0 Å². The number of halogens is 2. The predicted molar refractivity (Wildman–Crippen MR) is 70.9 cm³/mol. The molecule has 1 N–H and O–H groups in total. The molecule has 6 nitrogen and oxygen atoms in total. The molecule has 0 radical (unpaired) electrons. The van der Waals surface area contributed by atoms with Gasteiger partial charge in [-0.15, -0.1) is 0 Å². The fourth-order valence-corrected chi connectivity index (χ4v) is 1.80. The van der Waals surface area contributed by atoms with Crippen LogP contribution in [0.3, 0.4) is 0 Å². The van der Waals surface area contributed by atoms with Crippen molar-refractivity contribution in [3.8, 4) is 0 Å². The molecule has 1 aromatic carbocycles. The summed E-state index contributed by atoms with van der Waals surface area (Å²) in [5.74, 6) is -0.403. The Morgan fingerprint density at radius 3 is 2.83 bits per heavy atom. The molecular weight excluding hydrogens is 327 g/mol. The Kier molecular flexibility index (Phi) is 5.36. The molecule has 0 aliphatic heterocycles. The second kappa shape index (κ2) is 6.55. The molecule has 98 valence electrons. The lowest BCUT2D eigenvalue weighted by Gasteiger charge is -2.08. The van der Waals surface area contributed by atoms with E-state index in [1.165, 1.54) is 13.0 Å². The number of hydrogen-bond donors (Lipinski definition) is 1. The van der Waals surface area contributed by atoms with Crippen LogP contribution >= 0.6 is 27.5 Å². The molecule has 0 spiro atoms.